The summed E-state index contributed by atoms with van der Waals surface area (Å²) in [5, 5.41) is 2.82. The van der Waals surface area contributed by atoms with Crippen molar-refractivity contribution in [3.63, 3.8) is 0 Å². The molecule has 0 fully saturated rings. The predicted octanol–water partition coefficient (Wildman–Crippen LogP) is 4.04. The fourth-order valence-electron chi connectivity index (χ4n) is 4.33. The topological polar surface area (TPSA) is 105 Å². The van der Waals surface area contributed by atoms with E-state index in [2.05, 4.69) is 5.32 Å². The van der Waals surface area contributed by atoms with Gasteiger partial charge in [0.05, 0.1) is 10.6 Å². The number of nitrogens with one attached hydrogen (secondary N) is 1. The Balaban J connectivity index is 1.72. The third kappa shape index (κ3) is 7.15. The number of fused-ring (bicyclic) bond motifs is 1. The molecule has 0 spiro atoms. The minimum atomic E-state index is -4.35. The van der Waals surface area contributed by atoms with E-state index in [1.165, 1.54) is 35.2 Å². The van der Waals surface area contributed by atoms with E-state index in [0.29, 0.717) is 12.4 Å². The second-order valence-electron chi connectivity index (χ2n) is 10.1. The number of aryl methyl sites for hydroxylation is 1. The van der Waals surface area contributed by atoms with Crippen molar-refractivity contribution in [2.75, 3.05) is 24.1 Å². The van der Waals surface area contributed by atoms with E-state index in [9.17, 15) is 22.4 Å². The van der Waals surface area contributed by atoms with Gasteiger partial charge in [0.25, 0.3) is 10.0 Å². The van der Waals surface area contributed by atoms with Crippen LogP contribution in [-0.2, 0) is 26.2 Å². The van der Waals surface area contributed by atoms with Crippen LogP contribution in [0.3, 0.4) is 0 Å². The normalized spacial score (nSPS) is 13.4. The highest BCUT2D eigenvalue weighted by Crippen LogP contribution is 2.34. The SMILES string of the molecule is Cc1ccc(CN(C(=O)CN(c2ccc(F)cc2)S(=O)(=O)c2ccc3c(c2)OCCO3)[C@H](C)C(=O)NC(C)C)cc1. The van der Waals surface area contributed by atoms with Gasteiger partial charge in [-0.3, -0.25) is 13.9 Å². The van der Waals surface area contributed by atoms with Gasteiger partial charge in [-0.25, -0.2) is 12.8 Å². The zero-order valence-corrected chi connectivity index (χ0v) is 24.3. The molecule has 218 valence electrons. The Morgan fingerprint density at radius 2 is 1.56 bits per heavy atom. The summed E-state index contributed by atoms with van der Waals surface area (Å²) < 4.78 is 53.8. The van der Waals surface area contributed by atoms with Crippen molar-refractivity contribution >= 4 is 27.5 Å². The van der Waals surface area contributed by atoms with Gasteiger partial charge in [0.15, 0.2) is 11.5 Å². The number of carbonyl (C=O) groups excluding carboxylic acids is 2. The number of rotatable bonds is 10. The minimum Gasteiger partial charge on any atom is -0.486 e. The number of nitrogens with zero attached hydrogens (tertiary/aromatic N) is 2. The largest absolute Gasteiger partial charge is 0.486 e. The molecule has 3 aromatic rings. The number of hydrogen-bond donors (Lipinski definition) is 1. The fraction of sp³-hybridized carbons (Fsp3) is 0.333. The molecule has 1 atom stereocenters. The number of amides is 2. The number of benzene rings is 3. The first-order valence-corrected chi connectivity index (χ1v) is 14.7. The summed E-state index contributed by atoms with van der Waals surface area (Å²) in [5.41, 5.74) is 1.89. The smallest absolute Gasteiger partial charge is 0.264 e. The van der Waals surface area contributed by atoms with Crippen LogP contribution < -0.4 is 19.1 Å². The van der Waals surface area contributed by atoms with Crippen LogP contribution in [0.25, 0.3) is 0 Å². The molecule has 0 saturated heterocycles. The molecule has 0 aromatic heterocycles. The molecule has 0 unspecified atom stereocenters. The Kier molecular flexibility index (Phi) is 9.17. The van der Waals surface area contributed by atoms with Crippen molar-refractivity contribution in [2.24, 2.45) is 0 Å². The molecule has 0 saturated carbocycles. The van der Waals surface area contributed by atoms with Gasteiger partial charge in [0.1, 0.15) is 31.6 Å². The molecule has 4 rings (SSSR count). The molecule has 1 aliphatic heterocycles. The number of sulfonamides is 1. The Morgan fingerprint density at radius 1 is 0.927 bits per heavy atom. The third-order valence-corrected chi connectivity index (χ3v) is 8.34. The third-order valence-electron chi connectivity index (χ3n) is 6.57. The zero-order valence-electron chi connectivity index (χ0n) is 23.5. The predicted molar refractivity (Wildman–Crippen MR) is 153 cm³/mol. The summed E-state index contributed by atoms with van der Waals surface area (Å²) >= 11 is 0. The molecule has 41 heavy (non-hydrogen) atoms. The molecule has 9 nitrogen and oxygen atoms in total. The first-order valence-electron chi connectivity index (χ1n) is 13.3. The summed E-state index contributed by atoms with van der Waals surface area (Å²) in [6, 6.07) is 15.5. The highest BCUT2D eigenvalue weighted by atomic mass is 32.2. The second-order valence-corrected chi connectivity index (χ2v) is 12.0. The summed E-state index contributed by atoms with van der Waals surface area (Å²) in [4.78, 5) is 28.1. The molecule has 1 aliphatic rings. The Morgan fingerprint density at radius 3 is 2.20 bits per heavy atom. The van der Waals surface area contributed by atoms with E-state index in [1.807, 2.05) is 45.0 Å². The van der Waals surface area contributed by atoms with Crippen LogP contribution in [0.15, 0.2) is 71.6 Å². The number of carbonyl (C=O) groups is 2. The first kappa shape index (κ1) is 29.9. The molecular formula is C30H34FN3O6S. The average molecular weight is 584 g/mol. The van der Waals surface area contributed by atoms with Crippen LogP contribution in [-0.4, -0.2) is 57.0 Å². The lowest BCUT2D eigenvalue weighted by molar-refractivity contribution is -0.139. The van der Waals surface area contributed by atoms with Gasteiger partial charge in [0, 0.05) is 18.7 Å². The molecule has 11 heteroatoms. The maximum Gasteiger partial charge on any atom is 0.264 e. The molecule has 1 heterocycles. The van der Waals surface area contributed by atoms with Crippen molar-refractivity contribution in [2.45, 2.75) is 51.2 Å². The molecule has 0 radical (unpaired) electrons. The minimum absolute atomic E-state index is 0.0765. The van der Waals surface area contributed by atoms with Gasteiger partial charge in [-0.2, -0.15) is 0 Å². The average Bonchev–Trinajstić information content (AvgIpc) is 2.95. The van der Waals surface area contributed by atoms with E-state index in [4.69, 9.17) is 9.47 Å². The highest BCUT2D eigenvalue weighted by molar-refractivity contribution is 7.92. The fourth-order valence-corrected chi connectivity index (χ4v) is 5.76. The standard InChI is InChI=1S/C30H34FN3O6S/c1-20(2)32-30(36)22(4)33(18-23-7-5-21(3)6-8-23)29(35)19-34(25-11-9-24(31)10-12-25)41(37,38)26-13-14-27-28(17-26)40-16-15-39-27/h5-14,17,20,22H,15-16,18-19H2,1-4H3,(H,32,36)/t22-/m1/s1. The number of halogens is 1. The van der Waals surface area contributed by atoms with Crippen molar-refractivity contribution in [3.05, 3.63) is 83.7 Å². The highest BCUT2D eigenvalue weighted by Gasteiger charge is 2.33. The van der Waals surface area contributed by atoms with Crippen LogP contribution in [0.1, 0.15) is 31.9 Å². The Hall–Kier alpha value is -4.12. The van der Waals surface area contributed by atoms with E-state index in [1.54, 1.807) is 6.92 Å². The summed E-state index contributed by atoms with van der Waals surface area (Å²) in [7, 11) is -4.35. The van der Waals surface area contributed by atoms with Crippen LogP contribution in [0, 0.1) is 12.7 Å². The van der Waals surface area contributed by atoms with Gasteiger partial charge in [-0.05, 0) is 69.7 Å². The number of ether oxygens (including phenoxy) is 2. The van der Waals surface area contributed by atoms with Gasteiger partial charge in [-0.1, -0.05) is 29.8 Å². The molecule has 2 amide bonds. The molecule has 1 N–H and O–H groups in total. The van der Waals surface area contributed by atoms with Crippen LogP contribution in [0.2, 0.25) is 0 Å². The van der Waals surface area contributed by atoms with Crippen molar-refractivity contribution in [3.8, 4) is 11.5 Å². The maximum atomic E-state index is 14.0. The van der Waals surface area contributed by atoms with Crippen LogP contribution in [0.4, 0.5) is 10.1 Å². The second kappa shape index (κ2) is 12.6. The lowest BCUT2D eigenvalue weighted by atomic mass is 10.1. The lowest BCUT2D eigenvalue weighted by Gasteiger charge is -2.32. The summed E-state index contributed by atoms with van der Waals surface area (Å²) in [6.07, 6.45) is 0. The van der Waals surface area contributed by atoms with E-state index in [-0.39, 0.29) is 41.4 Å². The van der Waals surface area contributed by atoms with Crippen molar-refractivity contribution in [1.29, 1.82) is 0 Å². The molecular weight excluding hydrogens is 549 g/mol. The quantitative estimate of drug-likeness (QED) is 0.386. The molecule has 0 bridgehead atoms. The zero-order chi connectivity index (χ0) is 29.7. The Bertz CT molecular complexity index is 1490. The lowest BCUT2D eigenvalue weighted by Crippen LogP contribution is -2.52. The first-order chi connectivity index (χ1) is 19.5. The molecule has 3 aromatic carbocycles. The van der Waals surface area contributed by atoms with Crippen molar-refractivity contribution in [1.82, 2.24) is 10.2 Å². The van der Waals surface area contributed by atoms with Crippen LogP contribution in [0.5, 0.6) is 11.5 Å². The van der Waals surface area contributed by atoms with Gasteiger partial charge in [0.2, 0.25) is 11.8 Å². The molecule has 0 aliphatic carbocycles. The number of hydrogen-bond acceptors (Lipinski definition) is 6. The Labute approximate surface area is 239 Å². The van der Waals surface area contributed by atoms with Crippen molar-refractivity contribution < 1.29 is 31.9 Å². The van der Waals surface area contributed by atoms with Gasteiger partial charge >= 0.3 is 0 Å². The van der Waals surface area contributed by atoms with E-state index < -0.39 is 34.3 Å². The number of anilines is 1. The summed E-state index contributed by atoms with van der Waals surface area (Å²) in [5.74, 6) is -0.862. The van der Waals surface area contributed by atoms with Gasteiger partial charge < -0.3 is 19.7 Å². The summed E-state index contributed by atoms with van der Waals surface area (Å²) in [6.45, 7) is 7.21. The maximum absolute atomic E-state index is 14.0. The van der Waals surface area contributed by atoms with E-state index >= 15 is 0 Å². The monoisotopic (exact) mass is 583 g/mol. The van der Waals surface area contributed by atoms with E-state index in [0.717, 1.165) is 27.6 Å². The van der Waals surface area contributed by atoms with Crippen LogP contribution >= 0.6 is 0 Å². The van der Waals surface area contributed by atoms with Gasteiger partial charge in [-0.15, -0.1) is 0 Å².